The maximum absolute atomic E-state index is 12.5. The minimum Gasteiger partial charge on any atom is -0.445 e. The summed E-state index contributed by atoms with van der Waals surface area (Å²) in [4.78, 5) is 16.6. The standard InChI is InChI=1S/C19H26N2O2/c1-20(2)11-10-16-12-17-8-9-18(13-16)21(17)19(22)23-14-15-6-4-3-5-7-15/h3-7,12,17-18H,8-11,13-14H2,1-2H3. The highest BCUT2D eigenvalue weighted by atomic mass is 16.6. The smallest absolute Gasteiger partial charge is 0.410 e. The van der Waals surface area contributed by atoms with E-state index in [-0.39, 0.29) is 12.1 Å². The molecule has 4 heteroatoms. The van der Waals surface area contributed by atoms with Gasteiger partial charge in [0, 0.05) is 12.6 Å². The van der Waals surface area contributed by atoms with Gasteiger partial charge in [0.1, 0.15) is 6.61 Å². The van der Waals surface area contributed by atoms with Crippen LogP contribution in [0.25, 0.3) is 0 Å². The molecular weight excluding hydrogens is 288 g/mol. The van der Waals surface area contributed by atoms with Crippen molar-refractivity contribution >= 4 is 6.09 Å². The van der Waals surface area contributed by atoms with Crippen molar-refractivity contribution in [2.75, 3.05) is 20.6 Å². The van der Waals surface area contributed by atoms with Crippen molar-refractivity contribution in [3.8, 4) is 0 Å². The second-order valence-corrected chi connectivity index (χ2v) is 6.83. The van der Waals surface area contributed by atoms with Gasteiger partial charge in [-0.1, -0.05) is 42.0 Å². The summed E-state index contributed by atoms with van der Waals surface area (Å²) >= 11 is 0. The quantitative estimate of drug-likeness (QED) is 0.781. The second kappa shape index (κ2) is 7.18. The van der Waals surface area contributed by atoms with Gasteiger partial charge in [-0.15, -0.1) is 0 Å². The van der Waals surface area contributed by atoms with Gasteiger partial charge in [-0.2, -0.15) is 0 Å². The third kappa shape index (κ3) is 3.94. The van der Waals surface area contributed by atoms with E-state index >= 15 is 0 Å². The van der Waals surface area contributed by atoms with E-state index in [4.69, 9.17) is 4.74 Å². The van der Waals surface area contributed by atoms with E-state index in [0.29, 0.717) is 12.6 Å². The summed E-state index contributed by atoms with van der Waals surface area (Å²) in [5, 5.41) is 0. The van der Waals surface area contributed by atoms with Crippen LogP contribution < -0.4 is 0 Å². The molecule has 23 heavy (non-hydrogen) atoms. The average Bonchev–Trinajstić information content (AvgIpc) is 2.82. The Bertz CT molecular complexity index is 568. The Morgan fingerprint density at radius 3 is 2.74 bits per heavy atom. The summed E-state index contributed by atoms with van der Waals surface area (Å²) in [5.41, 5.74) is 2.53. The van der Waals surface area contributed by atoms with Crippen LogP contribution >= 0.6 is 0 Å². The lowest BCUT2D eigenvalue weighted by atomic mass is 9.99. The van der Waals surface area contributed by atoms with E-state index in [9.17, 15) is 4.79 Å². The molecular formula is C19H26N2O2. The molecule has 1 amide bonds. The van der Waals surface area contributed by atoms with Crippen LogP contribution in [0.1, 0.15) is 31.2 Å². The summed E-state index contributed by atoms with van der Waals surface area (Å²) in [6.45, 7) is 1.43. The topological polar surface area (TPSA) is 32.8 Å². The fourth-order valence-electron chi connectivity index (χ4n) is 3.55. The lowest BCUT2D eigenvalue weighted by Gasteiger charge is -2.33. The van der Waals surface area contributed by atoms with Crippen molar-refractivity contribution in [3.05, 3.63) is 47.5 Å². The molecule has 4 nitrogen and oxygen atoms in total. The first kappa shape index (κ1) is 16.1. The first-order valence-electron chi connectivity index (χ1n) is 8.47. The Kier molecular flexibility index (Phi) is 5.01. The van der Waals surface area contributed by atoms with E-state index in [1.54, 1.807) is 0 Å². The van der Waals surface area contributed by atoms with Gasteiger partial charge in [0.2, 0.25) is 0 Å². The maximum atomic E-state index is 12.5. The van der Waals surface area contributed by atoms with Gasteiger partial charge in [-0.05, 0) is 45.3 Å². The van der Waals surface area contributed by atoms with E-state index in [1.807, 2.05) is 35.2 Å². The minimum atomic E-state index is -0.163. The molecule has 3 rings (SSSR count). The van der Waals surface area contributed by atoms with E-state index in [2.05, 4.69) is 25.1 Å². The molecule has 0 aliphatic carbocycles. The predicted molar refractivity (Wildman–Crippen MR) is 91.1 cm³/mol. The Balaban J connectivity index is 1.57. The Hall–Kier alpha value is -1.81. The molecule has 1 aromatic carbocycles. The fraction of sp³-hybridized carbons (Fsp3) is 0.526. The molecule has 0 radical (unpaired) electrons. The van der Waals surface area contributed by atoms with Gasteiger partial charge in [0.05, 0.1) is 6.04 Å². The van der Waals surface area contributed by atoms with Crippen molar-refractivity contribution in [3.63, 3.8) is 0 Å². The number of fused-ring (bicyclic) bond motifs is 2. The average molecular weight is 314 g/mol. The number of hydrogen-bond donors (Lipinski definition) is 0. The number of carbonyl (C=O) groups excluding carboxylic acids is 1. The number of ether oxygens (including phenoxy) is 1. The molecule has 0 N–H and O–H groups in total. The molecule has 2 aliphatic rings. The zero-order chi connectivity index (χ0) is 16.2. The summed E-state index contributed by atoms with van der Waals surface area (Å²) in [5.74, 6) is 0. The van der Waals surface area contributed by atoms with Gasteiger partial charge in [-0.25, -0.2) is 4.79 Å². The summed E-state index contributed by atoms with van der Waals surface area (Å²) in [7, 11) is 4.20. The Morgan fingerprint density at radius 2 is 2.04 bits per heavy atom. The third-order valence-electron chi connectivity index (χ3n) is 4.77. The maximum Gasteiger partial charge on any atom is 0.410 e. The van der Waals surface area contributed by atoms with E-state index in [0.717, 1.165) is 37.8 Å². The van der Waals surface area contributed by atoms with Gasteiger partial charge >= 0.3 is 6.09 Å². The van der Waals surface area contributed by atoms with Crippen molar-refractivity contribution < 1.29 is 9.53 Å². The van der Waals surface area contributed by atoms with Crippen LogP contribution in [0.3, 0.4) is 0 Å². The molecule has 124 valence electrons. The fourth-order valence-corrected chi connectivity index (χ4v) is 3.55. The van der Waals surface area contributed by atoms with Crippen LogP contribution in [0.5, 0.6) is 0 Å². The van der Waals surface area contributed by atoms with Gasteiger partial charge in [0.25, 0.3) is 0 Å². The minimum absolute atomic E-state index is 0.163. The van der Waals surface area contributed by atoms with Gasteiger partial charge in [-0.3, -0.25) is 4.90 Å². The zero-order valence-corrected chi connectivity index (χ0v) is 14.1. The summed E-state index contributed by atoms with van der Waals surface area (Å²) in [6.07, 6.45) is 6.40. The van der Waals surface area contributed by atoms with Crippen LogP contribution in [-0.4, -0.2) is 48.6 Å². The third-order valence-corrected chi connectivity index (χ3v) is 4.77. The van der Waals surface area contributed by atoms with Crippen LogP contribution in [0.2, 0.25) is 0 Å². The molecule has 1 saturated heterocycles. The number of benzene rings is 1. The number of amides is 1. The van der Waals surface area contributed by atoms with Crippen LogP contribution in [0.15, 0.2) is 42.0 Å². The number of rotatable bonds is 5. The normalized spacial score (nSPS) is 23.1. The van der Waals surface area contributed by atoms with Gasteiger partial charge < -0.3 is 9.64 Å². The van der Waals surface area contributed by atoms with Crippen LogP contribution in [-0.2, 0) is 11.3 Å². The molecule has 0 saturated carbocycles. The highest BCUT2D eigenvalue weighted by Crippen LogP contribution is 2.36. The molecule has 2 unspecified atom stereocenters. The molecule has 0 spiro atoms. The summed E-state index contributed by atoms with van der Waals surface area (Å²) < 4.78 is 5.53. The van der Waals surface area contributed by atoms with Crippen molar-refractivity contribution in [2.45, 2.75) is 44.4 Å². The van der Waals surface area contributed by atoms with Crippen molar-refractivity contribution in [1.82, 2.24) is 9.80 Å². The molecule has 2 aliphatic heterocycles. The number of carbonyl (C=O) groups is 1. The molecule has 0 aromatic heterocycles. The Labute approximate surface area is 138 Å². The monoisotopic (exact) mass is 314 g/mol. The predicted octanol–water partition coefficient (Wildman–Crippen LogP) is 3.44. The van der Waals surface area contributed by atoms with Crippen LogP contribution in [0, 0.1) is 0 Å². The molecule has 1 aromatic rings. The number of hydrogen-bond acceptors (Lipinski definition) is 3. The first-order chi connectivity index (χ1) is 11.1. The molecule has 1 fully saturated rings. The highest BCUT2D eigenvalue weighted by Gasteiger charge is 2.40. The lowest BCUT2D eigenvalue weighted by molar-refractivity contribution is 0.0814. The van der Waals surface area contributed by atoms with E-state index in [1.165, 1.54) is 5.57 Å². The van der Waals surface area contributed by atoms with Crippen molar-refractivity contribution in [1.29, 1.82) is 0 Å². The Morgan fingerprint density at radius 1 is 1.26 bits per heavy atom. The first-order valence-corrected chi connectivity index (χ1v) is 8.47. The lowest BCUT2D eigenvalue weighted by Crippen LogP contribution is -2.43. The second-order valence-electron chi connectivity index (χ2n) is 6.83. The van der Waals surface area contributed by atoms with Crippen LogP contribution in [0.4, 0.5) is 4.79 Å². The molecule has 2 atom stereocenters. The van der Waals surface area contributed by atoms with E-state index < -0.39 is 0 Å². The van der Waals surface area contributed by atoms with Gasteiger partial charge in [0.15, 0.2) is 0 Å². The zero-order valence-electron chi connectivity index (χ0n) is 14.1. The highest BCUT2D eigenvalue weighted by molar-refractivity contribution is 5.70. The molecule has 2 heterocycles. The largest absolute Gasteiger partial charge is 0.445 e. The molecule has 2 bridgehead atoms. The SMILES string of the molecule is CN(C)CCC1=CC2CCC(C1)N2C(=O)OCc1ccccc1. The van der Waals surface area contributed by atoms with Crippen molar-refractivity contribution in [2.24, 2.45) is 0 Å². The summed E-state index contributed by atoms with van der Waals surface area (Å²) in [6, 6.07) is 10.4. The number of nitrogens with zero attached hydrogens (tertiary/aromatic N) is 2.